The molecule has 0 aromatic heterocycles. The van der Waals surface area contributed by atoms with Gasteiger partial charge in [-0.25, -0.2) is 8.42 Å². The van der Waals surface area contributed by atoms with Gasteiger partial charge in [0.05, 0.1) is 15.5 Å². The van der Waals surface area contributed by atoms with Gasteiger partial charge in [0.2, 0.25) is 10.0 Å². The molecule has 1 heterocycles. The minimum Gasteiger partial charge on any atom is -0.337 e. The number of hydrogen-bond donors (Lipinski definition) is 0. The van der Waals surface area contributed by atoms with Crippen LogP contribution in [0, 0.1) is 0 Å². The molecule has 5 nitrogen and oxygen atoms in total. The number of rotatable bonds is 7. The number of carbonyl (C=O) groups excluding carboxylic acids is 1. The highest BCUT2D eigenvalue weighted by molar-refractivity contribution is 7.99. The van der Waals surface area contributed by atoms with Crippen LogP contribution in [0.15, 0.2) is 23.1 Å². The van der Waals surface area contributed by atoms with Crippen LogP contribution in [0.1, 0.15) is 50.4 Å². The van der Waals surface area contributed by atoms with Crippen LogP contribution in [0.2, 0.25) is 5.02 Å². The normalized spacial score (nSPS) is 18.6. The lowest BCUT2D eigenvalue weighted by Gasteiger charge is -2.25. The van der Waals surface area contributed by atoms with Crippen molar-refractivity contribution in [2.24, 2.45) is 0 Å². The largest absolute Gasteiger partial charge is 0.337 e. The zero-order valence-electron chi connectivity index (χ0n) is 16.3. The highest BCUT2D eigenvalue weighted by Gasteiger charge is 2.27. The summed E-state index contributed by atoms with van der Waals surface area (Å²) in [5, 5.41) is 0.713. The number of benzene rings is 1. The monoisotopic (exact) mass is 432 g/mol. The zero-order chi connectivity index (χ0) is 20.0. The molecule has 1 atom stereocenters. The first-order valence-electron chi connectivity index (χ1n) is 9.55. The molecule has 27 heavy (non-hydrogen) atoms. The summed E-state index contributed by atoms with van der Waals surface area (Å²) in [6.45, 7) is 7.85. The SMILES string of the molecule is CCSC1CCCCN(C(=O)c2cc(S(=O)(=O)N(CC)CC)ccc2Cl)C1. The molecule has 1 aromatic rings. The molecule has 2 rings (SSSR count). The summed E-state index contributed by atoms with van der Waals surface area (Å²) in [4.78, 5) is 15.1. The Balaban J connectivity index is 2.33. The van der Waals surface area contributed by atoms with Gasteiger partial charge in [-0.05, 0) is 36.8 Å². The van der Waals surface area contributed by atoms with E-state index in [-0.39, 0.29) is 16.4 Å². The zero-order valence-corrected chi connectivity index (χ0v) is 18.7. The van der Waals surface area contributed by atoms with E-state index < -0.39 is 10.0 Å². The van der Waals surface area contributed by atoms with Gasteiger partial charge in [0.15, 0.2) is 0 Å². The maximum atomic E-state index is 13.1. The Morgan fingerprint density at radius 2 is 1.96 bits per heavy atom. The second-order valence-corrected chi connectivity index (χ2v) is 10.5. The van der Waals surface area contributed by atoms with E-state index >= 15 is 0 Å². The molecule has 0 N–H and O–H groups in total. The Hall–Kier alpha value is -0.760. The second kappa shape index (κ2) is 10.1. The Bertz CT molecular complexity index is 751. The first-order chi connectivity index (χ1) is 12.8. The van der Waals surface area contributed by atoms with Gasteiger partial charge < -0.3 is 4.90 Å². The van der Waals surface area contributed by atoms with Crippen molar-refractivity contribution in [2.45, 2.75) is 50.2 Å². The molecule has 1 aliphatic heterocycles. The van der Waals surface area contributed by atoms with Crippen molar-refractivity contribution in [3.63, 3.8) is 0 Å². The number of thioether (sulfide) groups is 1. The van der Waals surface area contributed by atoms with Gasteiger partial charge in [-0.15, -0.1) is 0 Å². The first kappa shape index (κ1) is 22.5. The summed E-state index contributed by atoms with van der Waals surface area (Å²) < 4.78 is 27.0. The van der Waals surface area contributed by atoms with Gasteiger partial charge in [0.25, 0.3) is 5.91 Å². The molecule has 1 unspecified atom stereocenters. The lowest BCUT2D eigenvalue weighted by molar-refractivity contribution is 0.0763. The summed E-state index contributed by atoms with van der Waals surface area (Å²) in [7, 11) is -3.63. The lowest BCUT2D eigenvalue weighted by Crippen LogP contribution is -2.36. The molecule has 0 aliphatic carbocycles. The third-order valence-corrected chi connectivity index (χ3v) is 8.39. The van der Waals surface area contributed by atoms with E-state index in [0.717, 1.165) is 25.0 Å². The molecule has 1 aliphatic rings. The van der Waals surface area contributed by atoms with Gasteiger partial charge in [0.1, 0.15) is 0 Å². The summed E-state index contributed by atoms with van der Waals surface area (Å²) in [5.41, 5.74) is 0.270. The Labute approximate surface area is 172 Å². The molecule has 1 saturated heterocycles. The molecule has 8 heteroatoms. The van der Waals surface area contributed by atoms with Crippen LogP contribution in [-0.4, -0.2) is 60.7 Å². The van der Waals surface area contributed by atoms with E-state index in [2.05, 4.69) is 6.92 Å². The Morgan fingerprint density at radius 1 is 1.26 bits per heavy atom. The Kier molecular flexibility index (Phi) is 8.46. The Morgan fingerprint density at radius 3 is 2.59 bits per heavy atom. The summed E-state index contributed by atoms with van der Waals surface area (Å²) >= 11 is 8.16. The topological polar surface area (TPSA) is 57.7 Å². The fraction of sp³-hybridized carbons (Fsp3) is 0.632. The summed E-state index contributed by atoms with van der Waals surface area (Å²) in [6.07, 6.45) is 3.17. The molecular formula is C19H29ClN2O3S2. The van der Waals surface area contributed by atoms with E-state index in [1.54, 1.807) is 13.8 Å². The quantitative estimate of drug-likeness (QED) is 0.650. The number of sulfonamides is 1. The predicted molar refractivity (Wildman–Crippen MR) is 113 cm³/mol. The molecule has 1 fully saturated rings. The second-order valence-electron chi connectivity index (χ2n) is 6.56. The van der Waals surface area contributed by atoms with Gasteiger partial charge in [-0.1, -0.05) is 38.8 Å². The maximum Gasteiger partial charge on any atom is 0.255 e. The number of likely N-dealkylation sites (tertiary alicyclic amines) is 1. The maximum absolute atomic E-state index is 13.1. The number of amides is 1. The van der Waals surface area contributed by atoms with Crippen LogP contribution in [0.3, 0.4) is 0 Å². The van der Waals surface area contributed by atoms with Crippen molar-refractivity contribution in [1.29, 1.82) is 0 Å². The van der Waals surface area contributed by atoms with Crippen LogP contribution >= 0.6 is 23.4 Å². The van der Waals surface area contributed by atoms with Crippen LogP contribution < -0.4 is 0 Å². The fourth-order valence-corrected chi connectivity index (χ4v) is 6.14. The van der Waals surface area contributed by atoms with E-state index in [1.807, 2.05) is 16.7 Å². The van der Waals surface area contributed by atoms with Crippen molar-refractivity contribution in [3.8, 4) is 0 Å². The molecule has 0 bridgehead atoms. The molecule has 1 amide bonds. The van der Waals surface area contributed by atoms with Crippen LogP contribution in [0.4, 0.5) is 0 Å². The van der Waals surface area contributed by atoms with Crippen molar-refractivity contribution < 1.29 is 13.2 Å². The number of nitrogens with zero attached hydrogens (tertiary/aromatic N) is 2. The minimum atomic E-state index is -3.63. The predicted octanol–water partition coefficient (Wildman–Crippen LogP) is 4.12. The standard InChI is InChI=1S/C19H29ClN2O3S2/c1-4-22(5-2)27(24,25)16-10-11-18(20)17(13-16)19(23)21-12-8-7-9-15(14-21)26-6-3/h10-11,13,15H,4-9,12,14H2,1-3H3. The molecule has 1 aromatic carbocycles. The van der Waals surface area contributed by atoms with Crippen molar-refractivity contribution in [3.05, 3.63) is 28.8 Å². The number of halogens is 1. The summed E-state index contributed by atoms with van der Waals surface area (Å²) in [6, 6.07) is 4.43. The highest BCUT2D eigenvalue weighted by atomic mass is 35.5. The van der Waals surface area contributed by atoms with Crippen LogP contribution in [-0.2, 0) is 10.0 Å². The van der Waals surface area contributed by atoms with Crippen molar-refractivity contribution in [1.82, 2.24) is 9.21 Å². The van der Waals surface area contributed by atoms with E-state index in [9.17, 15) is 13.2 Å². The van der Waals surface area contributed by atoms with Gasteiger partial charge >= 0.3 is 0 Å². The molecule has 152 valence electrons. The van der Waals surface area contributed by atoms with E-state index in [4.69, 9.17) is 11.6 Å². The fourth-order valence-electron chi connectivity index (χ4n) is 3.37. The molecular weight excluding hydrogens is 404 g/mol. The lowest BCUT2D eigenvalue weighted by atomic mass is 10.2. The van der Waals surface area contributed by atoms with E-state index in [0.29, 0.717) is 36.5 Å². The molecule has 0 spiro atoms. The van der Waals surface area contributed by atoms with Gasteiger partial charge in [-0.2, -0.15) is 16.1 Å². The van der Waals surface area contributed by atoms with Gasteiger partial charge in [-0.3, -0.25) is 4.79 Å². The summed E-state index contributed by atoms with van der Waals surface area (Å²) in [5.74, 6) is 0.839. The number of hydrogen-bond acceptors (Lipinski definition) is 4. The van der Waals surface area contributed by atoms with Gasteiger partial charge in [0, 0.05) is 31.4 Å². The highest BCUT2D eigenvalue weighted by Crippen LogP contribution is 2.27. The minimum absolute atomic E-state index is 0.119. The average Bonchev–Trinajstić information content (AvgIpc) is 2.88. The molecule has 0 saturated carbocycles. The third kappa shape index (κ3) is 5.40. The van der Waals surface area contributed by atoms with Crippen LogP contribution in [0.25, 0.3) is 0 Å². The van der Waals surface area contributed by atoms with Crippen molar-refractivity contribution >= 4 is 39.3 Å². The molecule has 0 radical (unpaired) electrons. The van der Waals surface area contributed by atoms with Crippen LogP contribution in [0.5, 0.6) is 0 Å². The third-order valence-electron chi connectivity index (χ3n) is 4.83. The smallest absolute Gasteiger partial charge is 0.255 e. The first-order valence-corrected chi connectivity index (χ1v) is 12.4. The van der Waals surface area contributed by atoms with E-state index in [1.165, 1.54) is 22.5 Å². The van der Waals surface area contributed by atoms with Crippen molar-refractivity contribution in [2.75, 3.05) is 31.9 Å². The average molecular weight is 433 g/mol. The number of carbonyl (C=O) groups is 1.